The Morgan fingerprint density at radius 2 is 1.80 bits per heavy atom. The topological polar surface area (TPSA) is 107 Å². The Kier molecular flexibility index (Phi) is 7.70. The first kappa shape index (κ1) is 24.7. The Labute approximate surface area is 209 Å². The smallest absolute Gasteiger partial charge is 0.222 e. The number of amides is 1. The summed E-state index contributed by atoms with van der Waals surface area (Å²) in [6, 6.07) is 9.84. The molecular formula is C25H31N7O2S. The van der Waals surface area contributed by atoms with E-state index < -0.39 is 0 Å². The average molecular weight is 494 g/mol. The number of piperazine rings is 1. The first-order valence-electron chi connectivity index (χ1n) is 11.8. The van der Waals surface area contributed by atoms with Gasteiger partial charge in [-0.25, -0.2) is 9.97 Å². The number of aromatic amines is 1. The first-order valence-corrected chi connectivity index (χ1v) is 12.6. The molecular weight excluding hydrogens is 462 g/mol. The second kappa shape index (κ2) is 10.9. The van der Waals surface area contributed by atoms with Gasteiger partial charge in [-0.2, -0.15) is 5.10 Å². The Balaban J connectivity index is 1.61. The summed E-state index contributed by atoms with van der Waals surface area (Å²) in [5.41, 5.74) is 2.88. The van der Waals surface area contributed by atoms with Gasteiger partial charge in [0.25, 0.3) is 0 Å². The molecule has 1 aliphatic rings. The van der Waals surface area contributed by atoms with Gasteiger partial charge in [-0.1, -0.05) is 19.1 Å². The molecule has 0 atom stereocenters. The highest BCUT2D eigenvalue weighted by Crippen LogP contribution is 2.32. The number of aromatic nitrogens is 4. The number of rotatable bonds is 8. The minimum Gasteiger partial charge on any atom is -0.353 e. The molecule has 0 unspecified atom stereocenters. The number of ketones is 1. The maximum Gasteiger partial charge on any atom is 0.222 e. The fourth-order valence-corrected chi connectivity index (χ4v) is 4.77. The van der Waals surface area contributed by atoms with Crippen molar-refractivity contribution in [1.29, 1.82) is 0 Å². The summed E-state index contributed by atoms with van der Waals surface area (Å²) in [6.07, 6.45) is 0.954. The van der Waals surface area contributed by atoms with Crippen molar-refractivity contribution in [1.82, 2.24) is 25.1 Å². The second-order valence-corrected chi connectivity index (χ2v) is 9.75. The van der Waals surface area contributed by atoms with E-state index in [4.69, 9.17) is 9.97 Å². The van der Waals surface area contributed by atoms with Gasteiger partial charge in [-0.15, -0.1) is 0 Å². The number of hydrogen-bond acceptors (Lipinski definition) is 8. The van der Waals surface area contributed by atoms with Crippen molar-refractivity contribution in [3.05, 3.63) is 47.2 Å². The van der Waals surface area contributed by atoms with Crippen LogP contribution in [-0.2, 0) is 16.0 Å². The summed E-state index contributed by atoms with van der Waals surface area (Å²) in [6.45, 7) is 10.2. The molecule has 9 nitrogen and oxygen atoms in total. The Hall–Kier alpha value is -3.40. The van der Waals surface area contributed by atoms with Gasteiger partial charge in [0.05, 0.1) is 0 Å². The molecule has 2 aromatic heterocycles. The summed E-state index contributed by atoms with van der Waals surface area (Å²) in [7, 11) is 0. The third-order valence-electron chi connectivity index (χ3n) is 5.87. The largest absolute Gasteiger partial charge is 0.353 e. The van der Waals surface area contributed by atoms with E-state index in [0.29, 0.717) is 55.8 Å². The SMILES string of the molecule is CCC(=O)N1CCN(c2nc(Sc3ccc(CC(C)=O)cc3)nc(Nc3cc(C)[nH]n3)c2C)CC1. The summed E-state index contributed by atoms with van der Waals surface area (Å²) in [4.78, 5) is 38.4. The number of Topliss-reactive ketones (excluding diaryl/α,β-unsaturated/α-hetero) is 1. The zero-order valence-corrected chi connectivity index (χ0v) is 21.4. The lowest BCUT2D eigenvalue weighted by atomic mass is 10.1. The van der Waals surface area contributed by atoms with Crippen molar-refractivity contribution in [3.8, 4) is 0 Å². The van der Waals surface area contributed by atoms with Crippen LogP contribution < -0.4 is 10.2 Å². The van der Waals surface area contributed by atoms with Gasteiger partial charge in [0.1, 0.15) is 17.4 Å². The van der Waals surface area contributed by atoms with Gasteiger partial charge in [0.15, 0.2) is 11.0 Å². The minimum atomic E-state index is 0.141. The van der Waals surface area contributed by atoms with Crippen LogP contribution in [0.3, 0.4) is 0 Å². The van der Waals surface area contributed by atoms with E-state index in [1.54, 1.807) is 6.92 Å². The summed E-state index contributed by atoms with van der Waals surface area (Å²) in [5, 5.41) is 11.2. The molecule has 10 heteroatoms. The van der Waals surface area contributed by atoms with Crippen molar-refractivity contribution in [3.63, 3.8) is 0 Å². The van der Waals surface area contributed by atoms with Gasteiger partial charge in [-0.05, 0) is 50.2 Å². The van der Waals surface area contributed by atoms with Crippen LogP contribution >= 0.6 is 11.8 Å². The lowest BCUT2D eigenvalue weighted by Gasteiger charge is -2.36. The van der Waals surface area contributed by atoms with Gasteiger partial charge in [0, 0.05) is 61.2 Å². The minimum absolute atomic E-state index is 0.141. The van der Waals surface area contributed by atoms with E-state index in [9.17, 15) is 9.59 Å². The molecule has 1 aromatic carbocycles. The van der Waals surface area contributed by atoms with E-state index in [-0.39, 0.29) is 11.7 Å². The second-order valence-electron chi connectivity index (χ2n) is 8.71. The van der Waals surface area contributed by atoms with Crippen molar-refractivity contribution in [2.24, 2.45) is 0 Å². The van der Waals surface area contributed by atoms with E-state index in [0.717, 1.165) is 27.5 Å². The fraction of sp³-hybridized carbons (Fsp3) is 0.400. The molecule has 2 N–H and O–H groups in total. The summed E-state index contributed by atoms with van der Waals surface area (Å²) < 4.78 is 0. The summed E-state index contributed by atoms with van der Waals surface area (Å²) >= 11 is 1.47. The van der Waals surface area contributed by atoms with Crippen LogP contribution in [0.25, 0.3) is 0 Å². The molecule has 184 valence electrons. The van der Waals surface area contributed by atoms with Gasteiger partial charge >= 0.3 is 0 Å². The van der Waals surface area contributed by atoms with Crippen molar-refractivity contribution in [2.75, 3.05) is 36.4 Å². The average Bonchev–Trinajstić information content (AvgIpc) is 3.26. The lowest BCUT2D eigenvalue weighted by molar-refractivity contribution is -0.131. The van der Waals surface area contributed by atoms with Crippen LogP contribution in [0.4, 0.5) is 17.5 Å². The predicted molar refractivity (Wildman–Crippen MR) is 137 cm³/mol. The van der Waals surface area contributed by atoms with Crippen LogP contribution in [0, 0.1) is 13.8 Å². The molecule has 3 aromatic rings. The van der Waals surface area contributed by atoms with Gasteiger partial charge in [0.2, 0.25) is 5.91 Å². The molecule has 0 bridgehead atoms. The monoisotopic (exact) mass is 493 g/mol. The number of carbonyl (C=O) groups is 2. The molecule has 0 saturated carbocycles. The van der Waals surface area contributed by atoms with Crippen LogP contribution in [0.5, 0.6) is 0 Å². The molecule has 0 aliphatic carbocycles. The Morgan fingerprint density at radius 1 is 1.09 bits per heavy atom. The van der Waals surface area contributed by atoms with E-state index in [1.165, 1.54) is 11.8 Å². The van der Waals surface area contributed by atoms with E-state index >= 15 is 0 Å². The molecule has 1 fully saturated rings. The number of nitrogens with one attached hydrogen (secondary N) is 2. The fourth-order valence-electron chi connectivity index (χ4n) is 4.02. The zero-order valence-electron chi connectivity index (χ0n) is 20.6. The highest BCUT2D eigenvalue weighted by atomic mass is 32.2. The van der Waals surface area contributed by atoms with Gasteiger partial charge < -0.3 is 15.1 Å². The normalized spacial score (nSPS) is 13.7. The molecule has 4 rings (SSSR count). The number of hydrogen-bond donors (Lipinski definition) is 2. The quantitative estimate of drug-likeness (QED) is 0.455. The van der Waals surface area contributed by atoms with Crippen molar-refractivity contribution >= 4 is 40.9 Å². The molecule has 1 saturated heterocycles. The molecule has 3 heterocycles. The van der Waals surface area contributed by atoms with Crippen LogP contribution in [-0.4, -0.2) is 62.9 Å². The standard InChI is InChI=1S/C25H31N7O2S/c1-5-22(34)31-10-12-32(13-11-31)24-18(4)23(26-21-14-16(2)29-30-21)27-25(28-24)35-20-8-6-19(7-9-20)15-17(3)33/h6-9,14H,5,10-13,15H2,1-4H3,(H2,26,27,28,29,30). The lowest BCUT2D eigenvalue weighted by Crippen LogP contribution is -2.49. The predicted octanol–water partition coefficient (Wildman–Crippen LogP) is 3.90. The van der Waals surface area contributed by atoms with E-state index in [1.807, 2.05) is 56.0 Å². The van der Waals surface area contributed by atoms with Crippen LogP contribution in [0.15, 0.2) is 40.4 Å². The van der Waals surface area contributed by atoms with Gasteiger partial charge in [-0.3, -0.25) is 14.7 Å². The number of aryl methyl sites for hydroxylation is 1. The number of nitrogens with zero attached hydrogens (tertiary/aromatic N) is 5. The molecule has 35 heavy (non-hydrogen) atoms. The third-order valence-corrected chi connectivity index (χ3v) is 6.74. The molecule has 1 aliphatic heterocycles. The summed E-state index contributed by atoms with van der Waals surface area (Å²) in [5.74, 6) is 2.57. The third kappa shape index (κ3) is 6.19. The zero-order chi connectivity index (χ0) is 24.9. The maximum atomic E-state index is 12.1. The number of benzene rings is 1. The van der Waals surface area contributed by atoms with E-state index in [2.05, 4.69) is 20.4 Å². The Bertz CT molecular complexity index is 1200. The highest BCUT2D eigenvalue weighted by molar-refractivity contribution is 7.99. The van der Waals surface area contributed by atoms with Crippen LogP contribution in [0.2, 0.25) is 0 Å². The maximum absolute atomic E-state index is 12.1. The molecule has 0 radical (unpaired) electrons. The van der Waals surface area contributed by atoms with Crippen molar-refractivity contribution < 1.29 is 9.59 Å². The number of carbonyl (C=O) groups excluding carboxylic acids is 2. The molecule has 0 spiro atoms. The van der Waals surface area contributed by atoms with Crippen LogP contribution in [0.1, 0.15) is 37.1 Å². The molecule has 1 amide bonds. The Morgan fingerprint density at radius 3 is 2.40 bits per heavy atom. The number of H-pyrrole nitrogens is 1. The number of anilines is 3. The van der Waals surface area contributed by atoms with Crippen molar-refractivity contribution in [2.45, 2.75) is 50.6 Å². The first-order chi connectivity index (χ1) is 16.8. The highest BCUT2D eigenvalue weighted by Gasteiger charge is 2.24.